The summed E-state index contributed by atoms with van der Waals surface area (Å²) in [5, 5.41) is 12.9. The number of aliphatic hydroxyl groups excluding tert-OH is 1. The van der Waals surface area contributed by atoms with Gasteiger partial charge in [0.1, 0.15) is 6.04 Å². The first-order valence-corrected chi connectivity index (χ1v) is 12.7. The molecular formula is C26H22ClIN4O3. The van der Waals surface area contributed by atoms with Crippen LogP contribution in [0.2, 0.25) is 5.02 Å². The van der Waals surface area contributed by atoms with Gasteiger partial charge < -0.3 is 15.4 Å². The zero-order valence-electron chi connectivity index (χ0n) is 18.6. The Morgan fingerprint density at radius 2 is 1.91 bits per heavy atom. The van der Waals surface area contributed by atoms with E-state index in [9.17, 15) is 14.7 Å². The maximum Gasteiger partial charge on any atom is 0.326 e. The van der Waals surface area contributed by atoms with Crippen LogP contribution in [-0.4, -0.2) is 38.9 Å². The Hall–Kier alpha value is -2.95. The number of aromatic nitrogens is 2. The van der Waals surface area contributed by atoms with E-state index in [2.05, 4.69) is 32.9 Å². The number of carbonyl (C=O) groups is 1. The zero-order valence-corrected chi connectivity index (χ0v) is 21.5. The third kappa shape index (κ3) is 4.78. The number of H-pyrrole nitrogens is 1. The van der Waals surface area contributed by atoms with E-state index in [0.717, 1.165) is 25.8 Å². The summed E-state index contributed by atoms with van der Waals surface area (Å²) in [6.07, 6.45) is 0.824. The van der Waals surface area contributed by atoms with Crippen LogP contribution in [0, 0.1) is 3.57 Å². The number of nitrogens with one attached hydrogen (secondary N) is 2. The highest BCUT2D eigenvalue weighted by Gasteiger charge is 2.27. The molecule has 3 N–H and O–H groups in total. The molecule has 5 rings (SSSR count). The van der Waals surface area contributed by atoms with Crippen LogP contribution in [0.25, 0.3) is 11.0 Å². The molecule has 0 saturated carbocycles. The van der Waals surface area contributed by atoms with Crippen molar-refractivity contribution in [2.45, 2.75) is 25.4 Å². The fourth-order valence-electron chi connectivity index (χ4n) is 4.31. The van der Waals surface area contributed by atoms with Crippen LogP contribution in [0.3, 0.4) is 0 Å². The Bertz CT molecular complexity index is 1520. The van der Waals surface area contributed by atoms with Crippen LogP contribution in [0.5, 0.6) is 0 Å². The minimum absolute atomic E-state index is 0.00513. The summed E-state index contributed by atoms with van der Waals surface area (Å²) < 4.78 is 2.63. The van der Waals surface area contributed by atoms with Crippen molar-refractivity contribution in [3.05, 3.63) is 96.4 Å². The fourth-order valence-corrected chi connectivity index (χ4v) is 5.02. The van der Waals surface area contributed by atoms with Gasteiger partial charge in [0.05, 0.1) is 22.4 Å². The number of benzodiazepines with no additional fused rings is 1. The number of carbonyl (C=O) groups excluding carboxylic acids is 1. The second-order valence-corrected chi connectivity index (χ2v) is 10.0. The van der Waals surface area contributed by atoms with Gasteiger partial charge in [0.15, 0.2) is 0 Å². The second kappa shape index (κ2) is 9.96. The lowest BCUT2D eigenvalue weighted by Gasteiger charge is -2.12. The molecule has 0 radical (unpaired) electrons. The number of halogens is 2. The smallest absolute Gasteiger partial charge is 0.326 e. The van der Waals surface area contributed by atoms with Gasteiger partial charge in [-0.25, -0.2) is 4.79 Å². The lowest BCUT2D eigenvalue weighted by Crippen LogP contribution is -2.27. The number of aliphatic imine (C=N–C) groups is 1. The molecule has 9 heteroatoms. The summed E-state index contributed by atoms with van der Waals surface area (Å²) in [7, 11) is 0. The number of amides is 1. The van der Waals surface area contributed by atoms with Gasteiger partial charge in [-0.05, 0) is 71.0 Å². The highest BCUT2D eigenvalue weighted by atomic mass is 127. The number of benzene rings is 3. The molecule has 1 amide bonds. The lowest BCUT2D eigenvalue weighted by atomic mass is 9.99. The third-order valence-corrected chi connectivity index (χ3v) is 7.08. The van der Waals surface area contributed by atoms with E-state index >= 15 is 0 Å². The number of hydrogen-bond donors (Lipinski definition) is 3. The molecule has 1 aromatic heterocycles. The van der Waals surface area contributed by atoms with E-state index in [0.29, 0.717) is 41.3 Å². The lowest BCUT2D eigenvalue weighted by molar-refractivity contribution is -0.117. The van der Waals surface area contributed by atoms with Crippen molar-refractivity contribution in [2.75, 3.05) is 11.9 Å². The molecule has 1 aliphatic rings. The SMILES string of the molecule is O=C1Nc2ccc(I)cc2C(c2ccc3[nH]c(=O)n(CCCO)c3c2)=N[C@H]1Cc1ccccc1Cl. The van der Waals surface area contributed by atoms with E-state index in [1.54, 1.807) is 10.6 Å². The molecule has 35 heavy (non-hydrogen) atoms. The average molecular weight is 601 g/mol. The normalized spacial score (nSPS) is 15.5. The van der Waals surface area contributed by atoms with Gasteiger partial charge >= 0.3 is 5.69 Å². The van der Waals surface area contributed by atoms with Crippen LogP contribution in [0.1, 0.15) is 23.1 Å². The number of aromatic amines is 1. The van der Waals surface area contributed by atoms with Crippen LogP contribution < -0.4 is 11.0 Å². The minimum atomic E-state index is -0.687. The van der Waals surface area contributed by atoms with Gasteiger partial charge in [0.2, 0.25) is 5.91 Å². The van der Waals surface area contributed by atoms with Gasteiger partial charge in [0.25, 0.3) is 0 Å². The zero-order chi connectivity index (χ0) is 24.5. The van der Waals surface area contributed by atoms with Gasteiger partial charge in [0, 0.05) is 39.3 Å². The van der Waals surface area contributed by atoms with Crippen molar-refractivity contribution in [3.8, 4) is 0 Å². The maximum atomic E-state index is 13.2. The van der Waals surface area contributed by atoms with Crippen molar-refractivity contribution in [3.63, 3.8) is 0 Å². The largest absolute Gasteiger partial charge is 0.396 e. The van der Waals surface area contributed by atoms with Crippen molar-refractivity contribution in [2.24, 2.45) is 4.99 Å². The molecule has 0 fully saturated rings. The van der Waals surface area contributed by atoms with Crippen LogP contribution in [-0.2, 0) is 17.8 Å². The number of hydrogen-bond acceptors (Lipinski definition) is 4. The standard InChI is InChI=1S/C26H22ClIN4O3/c27-19-5-2-1-4-15(19)12-22-25(34)30-20-9-7-17(28)14-18(20)24(29-22)16-6-8-21-23(13-16)32(10-3-11-33)26(35)31-21/h1-2,4-9,13-14,22,33H,3,10-12H2,(H,30,34)(H,31,35)/t22-/m0/s1. The molecule has 0 saturated heterocycles. The minimum Gasteiger partial charge on any atom is -0.396 e. The van der Waals surface area contributed by atoms with Crippen molar-refractivity contribution >= 4 is 62.5 Å². The highest BCUT2D eigenvalue weighted by molar-refractivity contribution is 14.1. The first-order valence-electron chi connectivity index (χ1n) is 11.2. The van der Waals surface area contributed by atoms with E-state index in [1.165, 1.54) is 0 Å². The van der Waals surface area contributed by atoms with Gasteiger partial charge in [-0.2, -0.15) is 0 Å². The van der Waals surface area contributed by atoms with E-state index in [4.69, 9.17) is 16.6 Å². The first kappa shape index (κ1) is 23.8. The summed E-state index contributed by atoms with van der Waals surface area (Å²) in [5.74, 6) is -0.204. The first-order chi connectivity index (χ1) is 16.9. The van der Waals surface area contributed by atoms with Crippen molar-refractivity contribution in [1.82, 2.24) is 9.55 Å². The predicted octanol–water partition coefficient (Wildman–Crippen LogP) is 4.37. The van der Waals surface area contributed by atoms with Gasteiger partial charge in [-0.15, -0.1) is 0 Å². The maximum absolute atomic E-state index is 13.2. The fraction of sp³-hybridized carbons (Fsp3) is 0.192. The third-order valence-electron chi connectivity index (χ3n) is 6.04. The van der Waals surface area contributed by atoms with E-state index < -0.39 is 6.04 Å². The Kier molecular flexibility index (Phi) is 6.77. The van der Waals surface area contributed by atoms with Gasteiger partial charge in [-0.3, -0.25) is 14.4 Å². The molecular weight excluding hydrogens is 579 g/mol. The summed E-state index contributed by atoms with van der Waals surface area (Å²) in [6.45, 7) is 0.393. The highest BCUT2D eigenvalue weighted by Crippen LogP contribution is 2.29. The Labute approximate surface area is 220 Å². The molecule has 3 aromatic carbocycles. The molecule has 7 nitrogen and oxygen atoms in total. The number of anilines is 1. The molecule has 1 aliphatic heterocycles. The summed E-state index contributed by atoms with van der Waals surface area (Å²) in [5.41, 5.74) is 5.00. The Balaban J connectivity index is 1.67. The van der Waals surface area contributed by atoms with Crippen molar-refractivity contribution in [1.29, 1.82) is 0 Å². The Morgan fingerprint density at radius 3 is 2.71 bits per heavy atom. The second-order valence-electron chi connectivity index (χ2n) is 8.36. The molecule has 0 spiro atoms. The van der Waals surface area contributed by atoms with Gasteiger partial charge in [-0.1, -0.05) is 35.9 Å². The summed E-state index contributed by atoms with van der Waals surface area (Å²) in [6, 6.07) is 18.2. The van der Waals surface area contributed by atoms with Crippen LogP contribution in [0.4, 0.5) is 5.69 Å². The molecule has 4 aromatic rings. The molecule has 0 unspecified atom stereocenters. The molecule has 1 atom stereocenters. The van der Waals surface area contributed by atoms with E-state index in [1.807, 2.05) is 54.6 Å². The quantitative estimate of drug-likeness (QED) is 0.287. The Morgan fingerprint density at radius 1 is 1.09 bits per heavy atom. The van der Waals surface area contributed by atoms with Crippen LogP contribution >= 0.6 is 34.2 Å². The average Bonchev–Trinajstić information content (AvgIpc) is 3.09. The number of fused-ring (bicyclic) bond motifs is 2. The number of aliphatic hydroxyl groups is 1. The van der Waals surface area contributed by atoms with E-state index in [-0.39, 0.29) is 18.2 Å². The molecule has 178 valence electrons. The summed E-state index contributed by atoms with van der Waals surface area (Å²) in [4.78, 5) is 33.5. The van der Waals surface area contributed by atoms with Crippen molar-refractivity contribution < 1.29 is 9.90 Å². The molecule has 0 aliphatic carbocycles. The summed E-state index contributed by atoms with van der Waals surface area (Å²) >= 11 is 8.63. The molecule has 0 bridgehead atoms. The number of rotatable bonds is 6. The molecule has 2 heterocycles. The monoisotopic (exact) mass is 600 g/mol. The van der Waals surface area contributed by atoms with Crippen LogP contribution in [0.15, 0.2) is 70.5 Å². The number of aryl methyl sites for hydroxylation is 1. The topological polar surface area (TPSA) is 99.5 Å². The number of nitrogens with zero attached hydrogens (tertiary/aromatic N) is 2. The number of imidazole rings is 1. The predicted molar refractivity (Wildman–Crippen MR) is 147 cm³/mol.